The van der Waals surface area contributed by atoms with E-state index < -0.39 is 0 Å². The topological polar surface area (TPSA) is 64.3 Å². The van der Waals surface area contributed by atoms with Crippen LogP contribution in [0.2, 0.25) is 0 Å². The van der Waals surface area contributed by atoms with E-state index in [1.54, 1.807) is 7.11 Å². The average molecular weight is 264 g/mol. The fourth-order valence-corrected chi connectivity index (χ4v) is 1.74. The first kappa shape index (κ1) is 15.5. The first-order valence-corrected chi connectivity index (χ1v) is 6.61. The molecule has 0 aliphatic carbocycles. The number of nitrogens with two attached hydrogens (primary N) is 1. The third kappa shape index (κ3) is 5.75. The van der Waals surface area contributed by atoms with Gasteiger partial charge in [0, 0.05) is 18.5 Å². The molecule has 0 saturated carbocycles. The van der Waals surface area contributed by atoms with Crippen LogP contribution in [0.1, 0.15) is 32.3 Å². The van der Waals surface area contributed by atoms with Gasteiger partial charge in [0.05, 0.1) is 7.11 Å². The van der Waals surface area contributed by atoms with Gasteiger partial charge in [-0.3, -0.25) is 4.79 Å². The summed E-state index contributed by atoms with van der Waals surface area (Å²) in [6.07, 6.45) is 2.24. The quantitative estimate of drug-likeness (QED) is 0.790. The van der Waals surface area contributed by atoms with E-state index in [0.29, 0.717) is 13.0 Å². The van der Waals surface area contributed by atoms with Crippen LogP contribution >= 0.6 is 0 Å². The van der Waals surface area contributed by atoms with Crippen molar-refractivity contribution in [1.82, 2.24) is 5.32 Å². The maximum atomic E-state index is 11.7. The fraction of sp³-hybridized carbons (Fsp3) is 0.533. The van der Waals surface area contributed by atoms with Crippen molar-refractivity contribution in [1.29, 1.82) is 0 Å². The highest BCUT2D eigenvalue weighted by Gasteiger charge is 2.17. The van der Waals surface area contributed by atoms with E-state index in [-0.39, 0.29) is 11.4 Å². The zero-order chi connectivity index (χ0) is 14.3. The second kappa shape index (κ2) is 7.14. The predicted octanol–water partition coefficient (Wildman–Crippen LogP) is 1.87. The molecule has 3 N–H and O–H groups in total. The molecule has 4 nitrogen and oxygen atoms in total. The van der Waals surface area contributed by atoms with E-state index in [4.69, 9.17) is 10.5 Å². The van der Waals surface area contributed by atoms with E-state index >= 15 is 0 Å². The Hall–Kier alpha value is -1.55. The van der Waals surface area contributed by atoms with Gasteiger partial charge in [0.15, 0.2) is 0 Å². The van der Waals surface area contributed by atoms with E-state index in [2.05, 4.69) is 5.32 Å². The summed E-state index contributed by atoms with van der Waals surface area (Å²) in [4.78, 5) is 11.7. The molecule has 0 atom stereocenters. The Morgan fingerprint density at radius 1 is 1.32 bits per heavy atom. The molecule has 19 heavy (non-hydrogen) atoms. The number of aryl methyl sites for hydroxylation is 1. The van der Waals surface area contributed by atoms with Gasteiger partial charge in [0.2, 0.25) is 5.91 Å². The summed E-state index contributed by atoms with van der Waals surface area (Å²) in [6.45, 7) is 4.29. The molecule has 0 aromatic heterocycles. The molecule has 0 radical (unpaired) electrons. The molecule has 0 heterocycles. The molecular weight excluding hydrogens is 240 g/mol. The summed E-state index contributed by atoms with van der Waals surface area (Å²) in [5, 5.41) is 2.93. The zero-order valence-corrected chi connectivity index (χ0v) is 12.0. The first-order chi connectivity index (χ1) is 8.96. The molecule has 0 saturated heterocycles. The van der Waals surface area contributed by atoms with Gasteiger partial charge in [0.1, 0.15) is 5.75 Å². The first-order valence-electron chi connectivity index (χ1n) is 6.61. The van der Waals surface area contributed by atoms with Crippen LogP contribution in [-0.2, 0) is 11.2 Å². The third-order valence-electron chi connectivity index (χ3n) is 3.02. The lowest BCUT2D eigenvalue weighted by Crippen LogP contribution is -2.48. The summed E-state index contributed by atoms with van der Waals surface area (Å²) in [5.41, 5.74) is 6.47. The van der Waals surface area contributed by atoms with Crippen LogP contribution in [0.15, 0.2) is 24.3 Å². The minimum Gasteiger partial charge on any atom is -0.497 e. The normalized spacial score (nSPS) is 11.2. The number of hydrogen-bond acceptors (Lipinski definition) is 3. The Morgan fingerprint density at radius 3 is 2.47 bits per heavy atom. The molecule has 1 aromatic rings. The summed E-state index contributed by atoms with van der Waals surface area (Å²) >= 11 is 0. The lowest BCUT2D eigenvalue weighted by Gasteiger charge is -2.24. The number of nitrogens with one attached hydrogen (secondary N) is 1. The fourth-order valence-electron chi connectivity index (χ4n) is 1.74. The molecule has 1 amide bonds. The molecule has 0 spiro atoms. The van der Waals surface area contributed by atoms with Crippen molar-refractivity contribution >= 4 is 5.91 Å². The van der Waals surface area contributed by atoms with Crippen LogP contribution in [0.4, 0.5) is 0 Å². The number of methoxy groups -OCH3 is 1. The zero-order valence-electron chi connectivity index (χ0n) is 12.0. The Balaban J connectivity index is 2.31. The second-order valence-electron chi connectivity index (χ2n) is 5.34. The number of carbonyl (C=O) groups is 1. The number of ether oxygens (including phenoxy) is 1. The van der Waals surface area contributed by atoms with Gasteiger partial charge in [-0.15, -0.1) is 0 Å². The summed E-state index contributed by atoms with van der Waals surface area (Å²) < 4.78 is 5.10. The summed E-state index contributed by atoms with van der Waals surface area (Å²) in [5.74, 6) is 0.912. The van der Waals surface area contributed by atoms with Crippen LogP contribution in [0, 0.1) is 0 Å². The highest BCUT2D eigenvalue weighted by Crippen LogP contribution is 2.13. The van der Waals surface area contributed by atoms with Gasteiger partial charge in [-0.25, -0.2) is 0 Å². The van der Waals surface area contributed by atoms with E-state index in [0.717, 1.165) is 18.6 Å². The maximum absolute atomic E-state index is 11.7. The van der Waals surface area contributed by atoms with E-state index in [9.17, 15) is 4.79 Å². The predicted molar refractivity (Wildman–Crippen MR) is 77.2 cm³/mol. The number of rotatable bonds is 7. The van der Waals surface area contributed by atoms with Gasteiger partial charge in [-0.1, -0.05) is 12.1 Å². The Morgan fingerprint density at radius 2 is 1.95 bits per heavy atom. The summed E-state index contributed by atoms with van der Waals surface area (Å²) in [6, 6.07) is 7.93. The van der Waals surface area contributed by atoms with Crippen molar-refractivity contribution in [3.05, 3.63) is 29.8 Å². The smallest absolute Gasteiger partial charge is 0.220 e. The second-order valence-corrected chi connectivity index (χ2v) is 5.34. The monoisotopic (exact) mass is 264 g/mol. The van der Waals surface area contributed by atoms with Gasteiger partial charge >= 0.3 is 0 Å². The van der Waals surface area contributed by atoms with Crippen molar-refractivity contribution in [3.8, 4) is 5.75 Å². The number of carbonyl (C=O) groups excluding carboxylic acids is 1. The lowest BCUT2D eigenvalue weighted by atomic mass is 10.0. The Bertz CT molecular complexity index is 399. The van der Waals surface area contributed by atoms with Gasteiger partial charge in [0.25, 0.3) is 0 Å². The number of hydrogen-bond donors (Lipinski definition) is 2. The minimum absolute atomic E-state index is 0.0592. The van der Waals surface area contributed by atoms with Crippen LogP contribution < -0.4 is 15.8 Å². The number of benzene rings is 1. The maximum Gasteiger partial charge on any atom is 0.220 e. The minimum atomic E-state index is -0.322. The molecule has 1 aromatic carbocycles. The molecule has 0 unspecified atom stereocenters. The van der Waals surface area contributed by atoms with Crippen molar-refractivity contribution in [2.45, 2.75) is 38.6 Å². The molecule has 0 aliphatic rings. The number of amides is 1. The standard InChI is InChI=1S/C15H24N2O2/c1-15(2,11-16)17-14(18)6-4-5-12-7-9-13(19-3)10-8-12/h7-10H,4-6,11,16H2,1-3H3,(H,17,18). The SMILES string of the molecule is COc1ccc(CCCC(=O)NC(C)(C)CN)cc1. The van der Waals surface area contributed by atoms with Crippen molar-refractivity contribution in [3.63, 3.8) is 0 Å². The van der Waals surface area contributed by atoms with Crippen molar-refractivity contribution in [2.75, 3.05) is 13.7 Å². The lowest BCUT2D eigenvalue weighted by molar-refractivity contribution is -0.122. The largest absolute Gasteiger partial charge is 0.497 e. The van der Waals surface area contributed by atoms with Crippen LogP contribution in [-0.4, -0.2) is 25.1 Å². The average Bonchev–Trinajstić information content (AvgIpc) is 2.39. The molecule has 1 rings (SSSR count). The molecule has 4 heteroatoms. The Labute approximate surface area is 115 Å². The molecule has 0 fully saturated rings. The molecule has 0 bridgehead atoms. The van der Waals surface area contributed by atoms with E-state index in [1.807, 2.05) is 38.1 Å². The van der Waals surface area contributed by atoms with E-state index in [1.165, 1.54) is 5.56 Å². The molecule has 0 aliphatic heterocycles. The van der Waals surface area contributed by atoms with Crippen molar-refractivity contribution < 1.29 is 9.53 Å². The third-order valence-corrected chi connectivity index (χ3v) is 3.02. The highest BCUT2D eigenvalue weighted by molar-refractivity contribution is 5.76. The molecular formula is C15H24N2O2. The molecule has 106 valence electrons. The van der Waals surface area contributed by atoms with Crippen molar-refractivity contribution in [2.24, 2.45) is 5.73 Å². The summed E-state index contributed by atoms with van der Waals surface area (Å²) in [7, 11) is 1.65. The Kier molecular flexibility index (Phi) is 5.83. The van der Waals surface area contributed by atoms with Gasteiger partial charge in [-0.05, 0) is 44.4 Å². The highest BCUT2D eigenvalue weighted by atomic mass is 16.5. The van der Waals surface area contributed by atoms with Crippen LogP contribution in [0.25, 0.3) is 0 Å². The van der Waals surface area contributed by atoms with Gasteiger partial charge in [-0.2, -0.15) is 0 Å². The van der Waals surface area contributed by atoms with Crippen LogP contribution in [0.3, 0.4) is 0 Å². The van der Waals surface area contributed by atoms with Crippen LogP contribution in [0.5, 0.6) is 5.75 Å². The van der Waals surface area contributed by atoms with Gasteiger partial charge < -0.3 is 15.8 Å².